The molecule has 0 saturated carbocycles. The highest BCUT2D eigenvalue weighted by molar-refractivity contribution is 6.22. The van der Waals surface area contributed by atoms with E-state index in [0.29, 0.717) is 0 Å². The minimum atomic E-state index is 0.152. The van der Waals surface area contributed by atoms with Crippen LogP contribution in [0.5, 0.6) is 0 Å². The van der Waals surface area contributed by atoms with Crippen molar-refractivity contribution in [2.75, 3.05) is 7.11 Å². The highest BCUT2D eigenvalue weighted by Gasteiger charge is 2.10. The summed E-state index contributed by atoms with van der Waals surface area (Å²) in [5.41, 5.74) is 1.23. The van der Waals surface area contributed by atoms with Crippen LogP contribution in [0.25, 0.3) is 0 Å². The van der Waals surface area contributed by atoms with Gasteiger partial charge in [0, 0.05) is 0 Å². The molecule has 1 aliphatic carbocycles. The molecule has 0 aliphatic heterocycles. The van der Waals surface area contributed by atoms with E-state index < -0.39 is 0 Å². The lowest BCUT2D eigenvalue weighted by molar-refractivity contribution is 0.299. The second kappa shape index (κ2) is 3.11. The Bertz CT molecular complexity index is 182. The van der Waals surface area contributed by atoms with Crippen LogP contribution in [-0.2, 0) is 4.74 Å². The first-order valence-corrected chi connectivity index (χ1v) is 3.73. The molecule has 0 heterocycles. The Labute approximate surface area is 66.3 Å². The maximum atomic E-state index is 5.86. The molecule has 1 nitrogen and oxygen atoms in total. The number of halogens is 1. The SMILES string of the molecule is COC1=C(C)CC(Cl)C=C1. The normalized spacial score (nSPS) is 25.3. The standard InChI is InChI=1S/C8H11ClO/c1-6-5-7(9)3-4-8(6)10-2/h3-4,7H,5H2,1-2H3. The lowest BCUT2D eigenvalue weighted by Crippen LogP contribution is -2.03. The molecule has 56 valence electrons. The molecule has 0 radical (unpaired) electrons. The summed E-state index contributed by atoms with van der Waals surface area (Å²) < 4.78 is 5.09. The topological polar surface area (TPSA) is 9.23 Å². The summed E-state index contributed by atoms with van der Waals surface area (Å²) in [6.07, 6.45) is 4.78. The van der Waals surface area contributed by atoms with Gasteiger partial charge in [-0.05, 0) is 25.0 Å². The third-order valence-corrected chi connectivity index (χ3v) is 1.90. The van der Waals surface area contributed by atoms with Crippen molar-refractivity contribution in [3.05, 3.63) is 23.5 Å². The van der Waals surface area contributed by atoms with E-state index in [2.05, 4.69) is 0 Å². The Morgan fingerprint density at radius 1 is 1.70 bits per heavy atom. The van der Waals surface area contributed by atoms with Crippen LogP contribution < -0.4 is 0 Å². The van der Waals surface area contributed by atoms with Crippen molar-refractivity contribution in [3.8, 4) is 0 Å². The lowest BCUT2D eigenvalue weighted by Gasteiger charge is -2.14. The first-order valence-electron chi connectivity index (χ1n) is 3.30. The summed E-state index contributed by atoms with van der Waals surface area (Å²) in [5, 5.41) is 0.152. The summed E-state index contributed by atoms with van der Waals surface area (Å²) in [5.74, 6) is 0.955. The lowest BCUT2D eigenvalue weighted by atomic mass is 10.1. The smallest absolute Gasteiger partial charge is 0.117 e. The van der Waals surface area contributed by atoms with Gasteiger partial charge in [-0.25, -0.2) is 0 Å². The molecule has 0 saturated heterocycles. The molecule has 0 spiro atoms. The number of hydrogen-bond acceptors (Lipinski definition) is 1. The second-order valence-corrected chi connectivity index (χ2v) is 2.99. The van der Waals surface area contributed by atoms with E-state index in [9.17, 15) is 0 Å². The fraction of sp³-hybridized carbons (Fsp3) is 0.500. The maximum absolute atomic E-state index is 5.86. The molecule has 1 unspecified atom stereocenters. The molecule has 0 aromatic heterocycles. The van der Waals surface area contributed by atoms with E-state index in [-0.39, 0.29) is 5.38 Å². The quantitative estimate of drug-likeness (QED) is 0.533. The van der Waals surface area contributed by atoms with Gasteiger partial charge in [-0.3, -0.25) is 0 Å². The monoisotopic (exact) mass is 158 g/mol. The molecule has 0 aromatic carbocycles. The van der Waals surface area contributed by atoms with E-state index >= 15 is 0 Å². The van der Waals surface area contributed by atoms with Crippen LogP contribution >= 0.6 is 11.6 Å². The molecule has 0 fully saturated rings. The van der Waals surface area contributed by atoms with Crippen LogP contribution in [-0.4, -0.2) is 12.5 Å². The number of methoxy groups -OCH3 is 1. The predicted molar refractivity (Wildman–Crippen MR) is 43.1 cm³/mol. The first-order chi connectivity index (χ1) is 4.74. The zero-order chi connectivity index (χ0) is 7.56. The minimum absolute atomic E-state index is 0.152. The van der Waals surface area contributed by atoms with Gasteiger partial charge in [0.25, 0.3) is 0 Å². The van der Waals surface area contributed by atoms with E-state index in [1.54, 1.807) is 7.11 Å². The zero-order valence-corrected chi connectivity index (χ0v) is 6.98. The molecule has 2 heteroatoms. The van der Waals surface area contributed by atoms with E-state index in [1.807, 2.05) is 19.1 Å². The van der Waals surface area contributed by atoms with Crippen LogP contribution in [0.15, 0.2) is 23.5 Å². The number of alkyl halides is 1. The van der Waals surface area contributed by atoms with Gasteiger partial charge < -0.3 is 4.74 Å². The van der Waals surface area contributed by atoms with Crippen molar-refractivity contribution < 1.29 is 4.74 Å². The molecule has 1 aliphatic rings. The molecule has 0 N–H and O–H groups in total. The van der Waals surface area contributed by atoms with Crippen LogP contribution in [0.4, 0.5) is 0 Å². The molecular formula is C8H11ClO. The van der Waals surface area contributed by atoms with Gasteiger partial charge in [-0.2, -0.15) is 0 Å². The van der Waals surface area contributed by atoms with Crippen molar-refractivity contribution >= 4 is 11.6 Å². The largest absolute Gasteiger partial charge is 0.497 e. The van der Waals surface area contributed by atoms with Gasteiger partial charge in [0.05, 0.1) is 12.5 Å². The Hall–Kier alpha value is -0.430. The Balaban J connectivity index is 2.73. The van der Waals surface area contributed by atoms with Crippen molar-refractivity contribution in [2.45, 2.75) is 18.7 Å². The summed E-state index contributed by atoms with van der Waals surface area (Å²) in [6, 6.07) is 0. The highest BCUT2D eigenvalue weighted by atomic mass is 35.5. The fourth-order valence-electron chi connectivity index (χ4n) is 1.04. The van der Waals surface area contributed by atoms with E-state index in [4.69, 9.17) is 16.3 Å². The van der Waals surface area contributed by atoms with E-state index in [0.717, 1.165) is 12.2 Å². The zero-order valence-electron chi connectivity index (χ0n) is 6.23. The van der Waals surface area contributed by atoms with Crippen molar-refractivity contribution in [3.63, 3.8) is 0 Å². The van der Waals surface area contributed by atoms with Crippen LogP contribution in [0, 0.1) is 0 Å². The van der Waals surface area contributed by atoms with Crippen molar-refractivity contribution in [1.29, 1.82) is 0 Å². The minimum Gasteiger partial charge on any atom is -0.497 e. The molecule has 1 rings (SSSR count). The molecular weight excluding hydrogens is 148 g/mol. The Kier molecular flexibility index (Phi) is 2.39. The number of rotatable bonds is 1. The van der Waals surface area contributed by atoms with Crippen LogP contribution in [0.2, 0.25) is 0 Å². The molecule has 10 heavy (non-hydrogen) atoms. The molecule has 0 amide bonds. The summed E-state index contributed by atoms with van der Waals surface area (Å²) in [6.45, 7) is 2.04. The maximum Gasteiger partial charge on any atom is 0.117 e. The molecule has 0 aromatic rings. The Morgan fingerprint density at radius 3 is 2.90 bits per heavy atom. The summed E-state index contributed by atoms with van der Waals surface area (Å²) in [7, 11) is 1.68. The van der Waals surface area contributed by atoms with Crippen LogP contribution in [0.1, 0.15) is 13.3 Å². The van der Waals surface area contributed by atoms with Gasteiger partial charge in [0.2, 0.25) is 0 Å². The predicted octanol–water partition coefficient (Wildman–Crippen LogP) is 2.47. The van der Waals surface area contributed by atoms with Gasteiger partial charge in [-0.15, -0.1) is 11.6 Å². The number of ether oxygens (including phenoxy) is 1. The highest BCUT2D eigenvalue weighted by Crippen LogP contribution is 2.22. The van der Waals surface area contributed by atoms with E-state index in [1.165, 1.54) is 5.57 Å². The van der Waals surface area contributed by atoms with Crippen molar-refractivity contribution in [2.24, 2.45) is 0 Å². The van der Waals surface area contributed by atoms with Crippen molar-refractivity contribution in [1.82, 2.24) is 0 Å². The number of allylic oxidation sites excluding steroid dienone is 3. The van der Waals surface area contributed by atoms with Gasteiger partial charge >= 0.3 is 0 Å². The number of hydrogen-bond donors (Lipinski definition) is 0. The summed E-state index contributed by atoms with van der Waals surface area (Å²) >= 11 is 5.86. The van der Waals surface area contributed by atoms with Crippen LogP contribution in [0.3, 0.4) is 0 Å². The third kappa shape index (κ3) is 1.54. The molecule has 1 atom stereocenters. The fourth-order valence-corrected chi connectivity index (χ4v) is 1.34. The Morgan fingerprint density at radius 2 is 2.40 bits per heavy atom. The van der Waals surface area contributed by atoms with Gasteiger partial charge in [0.15, 0.2) is 0 Å². The van der Waals surface area contributed by atoms with Gasteiger partial charge in [0.1, 0.15) is 5.76 Å². The molecule has 0 bridgehead atoms. The third-order valence-electron chi connectivity index (χ3n) is 1.60. The van der Waals surface area contributed by atoms with Gasteiger partial charge in [-0.1, -0.05) is 6.08 Å². The summed E-state index contributed by atoms with van der Waals surface area (Å²) in [4.78, 5) is 0. The average molecular weight is 159 g/mol. The average Bonchev–Trinajstić information content (AvgIpc) is 1.88. The first kappa shape index (κ1) is 7.67. The second-order valence-electron chi connectivity index (χ2n) is 2.43.